The maximum absolute atomic E-state index is 12.2. The summed E-state index contributed by atoms with van der Waals surface area (Å²) in [5.41, 5.74) is 0. The van der Waals surface area contributed by atoms with Gasteiger partial charge in [0.25, 0.3) is 0 Å². The van der Waals surface area contributed by atoms with Gasteiger partial charge < -0.3 is 18.9 Å². The molecule has 0 rings (SSSR count). The summed E-state index contributed by atoms with van der Waals surface area (Å²) in [5, 5.41) is 0. The number of carbonyl (C=O) groups is 2. The second-order valence-electron chi connectivity index (χ2n) is 11.9. The van der Waals surface area contributed by atoms with Crippen LogP contribution in [0.4, 0.5) is 0 Å². The minimum absolute atomic E-state index is 0.0335. The SMILES string of the molecule is CCCCCCCCCCCCCCCCCC(=O)OCC(COP(=O)(O)OCC[N+](C)(C)C)OC(=O)CCC. The zero-order valence-electron chi connectivity index (χ0n) is 26.3. The van der Waals surface area contributed by atoms with Crippen molar-refractivity contribution < 1.29 is 42.1 Å². The van der Waals surface area contributed by atoms with Crippen LogP contribution < -0.4 is 0 Å². The number of likely N-dealkylation sites (N-methyl/N-ethyl adjacent to an activating group) is 1. The molecular formula is C30H61NO8P+. The molecule has 0 amide bonds. The predicted molar refractivity (Wildman–Crippen MR) is 160 cm³/mol. The lowest BCUT2D eigenvalue weighted by atomic mass is 10.0. The molecule has 0 aliphatic rings. The number of carbonyl (C=O) groups excluding carboxylic acids is 2. The minimum Gasteiger partial charge on any atom is -0.462 e. The van der Waals surface area contributed by atoms with Crippen LogP contribution >= 0.6 is 7.82 Å². The lowest BCUT2D eigenvalue weighted by Gasteiger charge is -2.24. The third kappa shape index (κ3) is 27.2. The van der Waals surface area contributed by atoms with Crippen molar-refractivity contribution in [3.63, 3.8) is 0 Å². The molecule has 0 bridgehead atoms. The van der Waals surface area contributed by atoms with E-state index in [4.69, 9.17) is 18.5 Å². The maximum atomic E-state index is 12.2. The van der Waals surface area contributed by atoms with E-state index in [1.165, 1.54) is 77.0 Å². The fourth-order valence-corrected chi connectivity index (χ4v) is 4.85. The van der Waals surface area contributed by atoms with Crippen LogP contribution in [-0.4, -0.2) is 74.9 Å². The Morgan fingerprint density at radius 2 is 1.18 bits per heavy atom. The van der Waals surface area contributed by atoms with Crippen molar-refractivity contribution in [2.24, 2.45) is 0 Å². The highest BCUT2D eigenvalue weighted by molar-refractivity contribution is 7.47. The van der Waals surface area contributed by atoms with Crippen LogP contribution in [0.3, 0.4) is 0 Å². The van der Waals surface area contributed by atoms with Gasteiger partial charge in [0, 0.05) is 12.8 Å². The van der Waals surface area contributed by atoms with E-state index in [-0.39, 0.29) is 25.6 Å². The first-order chi connectivity index (χ1) is 19.0. The zero-order chi connectivity index (χ0) is 30.1. The Morgan fingerprint density at radius 3 is 1.65 bits per heavy atom. The molecule has 238 valence electrons. The van der Waals surface area contributed by atoms with Crippen molar-refractivity contribution >= 4 is 19.8 Å². The van der Waals surface area contributed by atoms with Gasteiger partial charge in [-0.05, 0) is 12.8 Å². The molecule has 1 N–H and O–H groups in total. The Hall–Kier alpha value is -0.990. The van der Waals surface area contributed by atoms with Gasteiger partial charge in [0.1, 0.15) is 19.8 Å². The number of esters is 2. The molecular weight excluding hydrogens is 533 g/mol. The average molecular weight is 595 g/mol. The van der Waals surface area contributed by atoms with E-state index in [9.17, 15) is 19.0 Å². The van der Waals surface area contributed by atoms with Crippen molar-refractivity contribution in [2.75, 3.05) is 47.5 Å². The van der Waals surface area contributed by atoms with E-state index in [1.54, 1.807) is 0 Å². The van der Waals surface area contributed by atoms with Crippen molar-refractivity contribution in [3.05, 3.63) is 0 Å². The maximum Gasteiger partial charge on any atom is 0.472 e. The van der Waals surface area contributed by atoms with Crippen molar-refractivity contribution in [1.82, 2.24) is 0 Å². The molecule has 0 aliphatic carbocycles. The van der Waals surface area contributed by atoms with Gasteiger partial charge >= 0.3 is 19.8 Å². The Balaban J connectivity index is 4.05. The summed E-state index contributed by atoms with van der Waals surface area (Å²) in [4.78, 5) is 34.1. The Kier molecular flexibility index (Phi) is 24.0. The average Bonchev–Trinajstić information content (AvgIpc) is 2.87. The number of hydrogen-bond acceptors (Lipinski definition) is 7. The standard InChI is InChI=1S/C30H60NO8P/c1-6-8-9-10-11-12-13-14-15-16-17-18-19-20-21-23-29(32)36-26-28(39-30(33)22-7-2)27-38-40(34,35)37-25-24-31(3,4)5/h28H,6-27H2,1-5H3/p+1. The van der Waals surface area contributed by atoms with Gasteiger partial charge in [0.2, 0.25) is 0 Å². The lowest BCUT2D eigenvalue weighted by molar-refractivity contribution is -0.870. The van der Waals surface area contributed by atoms with E-state index < -0.39 is 26.5 Å². The topological polar surface area (TPSA) is 108 Å². The van der Waals surface area contributed by atoms with Crippen LogP contribution in [0.25, 0.3) is 0 Å². The summed E-state index contributed by atoms with van der Waals surface area (Å²) in [5.74, 6) is -0.856. The quantitative estimate of drug-likeness (QED) is 0.0434. The van der Waals surface area contributed by atoms with Crippen LogP contribution in [-0.2, 0) is 32.7 Å². The first kappa shape index (κ1) is 39.0. The molecule has 0 fully saturated rings. The highest BCUT2D eigenvalue weighted by Crippen LogP contribution is 2.43. The van der Waals surface area contributed by atoms with Crippen LogP contribution in [0.2, 0.25) is 0 Å². The van der Waals surface area contributed by atoms with Crippen molar-refractivity contribution in [2.45, 2.75) is 136 Å². The summed E-state index contributed by atoms with van der Waals surface area (Å²) in [7, 11) is 1.48. The molecule has 9 nitrogen and oxygen atoms in total. The van der Waals surface area contributed by atoms with Gasteiger partial charge in [-0.3, -0.25) is 18.6 Å². The van der Waals surface area contributed by atoms with E-state index in [1.807, 2.05) is 28.1 Å². The highest BCUT2D eigenvalue weighted by Gasteiger charge is 2.26. The largest absolute Gasteiger partial charge is 0.472 e. The van der Waals surface area contributed by atoms with Crippen LogP contribution in [0, 0.1) is 0 Å². The molecule has 10 heteroatoms. The second kappa shape index (κ2) is 24.6. The molecule has 0 aromatic rings. The predicted octanol–water partition coefficient (Wildman–Crippen LogP) is 7.34. The van der Waals surface area contributed by atoms with Crippen molar-refractivity contribution in [3.8, 4) is 0 Å². The number of phosphoric ester groups is 1. The van der Waals surface area contributed by atoms with E-state index in [2.05, 4.69) is 6.92 Å². The number of unbranched alkanes of at least 4 members (excludes halogenated alkanes) is 14. The van der Waals surface area contributed by atoms with E-state index in [0.717, 1.165) is 19.3 Å². The molecule has 40 heavy (non-hydrogen) atoms. The Labute approximate surface area is 244 Å². The Morgan fingerprint density at radius 1 is 0.675 bits per heavy atom. The molecule has 0 saturated carbocycles. The first-order valence-electron chi connectivity index (χ1n) is 15.8. The molecule has 2 atom stereocenters. The van der Waals surface area contributed by atoms with Gasteiger partial charge in [-0.25, -0.2) is 4.57 Å². The monoisotopic (exact) mass is 594 g/mol. The van der Waals surface area contributed by atoms with Gasteiger partial charge in [-0.1, -0.05) is 104 Å². The number of hydrogen-bond donors (Lipinski definition) is 1. The third-order valence-corrected chi connectivity index (χ3v) is 7.59. The molecule has 0 saturated heterocycles. The molecule has 2 unspecified atom stereocenters. The number of ether oxygens (including phenoxy) is 2. The number of rotatable bonds is 28. The summed E-state index contributed by atoms with van der Waals surface area (Å²) in [6.07, 6.45) is 18.9. The van der Waals surface area contributed by atoms with Crippen LogP contribution in [0.15, 0.2) is 0 Å². The summed E-state index contributed by atoms with van der Waals surface area (Å²) in [6, 6.07) is 0. The van der Waals surface area contributed by atoms with Crippen LogP contribution in [0.1, 0.15) is 129 Å². The molecule has 0 radical (unpaired) electrons. The van der Waals surface area contributed by atoms with Gasteiger partial charge in [-0.2, -0.15) is 0 Å². The molecule has 0 aliphatic heterocycles. The summed E-state index contributed by atoms with van der Waals surface area (Å²) >= 11 is 0. The smallest absolute Gasteiger partial charge is 0.462 e. The third-order valence-electron chi connectivity index (χ3n) is 6.61. The minimum atomic E-state index is -4.33. The molecule has 0 aromatic carbocycles. The van der Waals surface area contributed by atoms with Gasteiger partial charge in [0.15, 0.2) is 6.10 Å². The fourth-order valence-electron chi connectivity index (χ4n) is 4.11. The molecule has 0 heterocycles. The van der Waals surface area contributed by atoms with Crippen molar-refractivity contribution in [1.29, 1.82) is 0 Å². The summed E-state index contributed by atoms with van der Waals surface area (Å²) < 4.78 is 33.3. The lowest BCUT2D eigenvalue weighted by Crippen LogP contribution is -2.37. The van der Waals surface area contributed by atoms with Gasteiger partial charge in [-0.15, -0.1) is 0 Å². The fraction of sp³-hybridized carbons (Fsp3) is 0.933. The molecule has 0 spiro atoms. The van der Waals surface area contributed by atoms with E-state index in [0.29, 0.717) is 23.9 Å². The number of nitrogens with zero attached hydrogens (tertiary/aromatic N) is 1. The molecule has 0 aromatic heterocycles. The Bertz CT molecular complexity index is 683. The number of quaternary nitrogens is 1. The normalized spacial score (nSPS) is 14.1. The second-order valence-corrected chi connectivity index (χ2v) is 13.3. The number of phosphoric acid groups is 1. The summed E-state index contributed by atoms with van der Waals surface area (Å²) in [6.45, 7) is 4.01. The van der Waals surface area contributed by atoms with Gasteiger partial charge in [0.05, 0.1) is 27.7 Å². The van der Waals surface area contributed by atoms with Crippen LogP contribution in [0.5, 0.6) is 0 Å². The van der Waals surface area contributed by atoms with E-state index >= 15 is 0 Å². The first-order valence-corrected chi connectivity index (χ1v) is 17.3. The zero-order valence-corrected chi connectivity index (χ0v) is 27.2. The highest BCUT2D eigenvalue weighted by atomic mass is 31.2.